The van der Waals surface area contributed by atoms with E-state index in [0.717, 1.165) is 12.1 Å². The lowest BCUT2D eigenvalue weighted by Crippen LogP contribution is -2.15. The van der Waals surface area contributed by atoms with Crippen LogP contribution in [0.4, 0.5) is 13.2 Å². The van der Waals surface area contributed by atoms with Crippen molar-refractivity contribution >= 4 is 26.7 Å². The summed E-state index contributed by atoms with van der Waals surface area (Å²) in [4.78, 5) is 16.3. The number of carbonyl (C=O) groups is 1. The highest BCUT2D eigenvalue weighted by Gasteiger charge is 2.31. The van der Waals surface area contributed by atoms with Crippen LogP contribution in [0, 0.1) is 6.92 Å². The molecule has 0 fully saturated rings. The van der Waals surface area contributed by atoms with Gasteiger partial charge in [0.1, 0.15) is 10.6 Å². The summed E-state index contributed by atoms with van der Waals surface area (Å²) in [5.74, 6) is -1.39. The number of ether oxygens (including phenoxy) is 1. The van der Waals surface area contributed by atoms with Crippen LogP contribution in [0.3, 0.4) is 0 Å². The van der Waals surface area contributed by atoms with Gasteiger partial charge in [-0.15, -0.1) is 0 Å². The molecule has 0 aliphatic heterocycles. The first-order chi connectivity index (χ1) is 14.8. The van der Waals surface area contributed by atoms with E-state index in [-0.39, 0.29) is 43.9 Å². The number of hydrogen-bond donors (Lipinski definition) is 1. The number of sulfone groups is 1. The second-order valence-corrected chi connectivity index (χ2v) is 9.93. The van der Waals surface area contributed by atoms with Crippen LogP contribution in [-0.4, -0.2) is 36.8 Å². The largest absolute Gasteiger partial charge is 0.495 e. The fourth-order valence-electron chi connectivity index (χ4n) is 3.40. The van der Waals surface area contributed by atoms with Crippen LogP contribution in [0.25, 0.3) is 22.2 Å². The standard InChI is InChI=1S/C22H20F3NO5S/c1-11(2)32(29,30)18-9-15-16(10-17(18)31-4)26-20(12(3)19(15)21(27)28)13-6-5-7-14(8-13)22(23,24)25/h5-11H,1-4H3,(H,27,28). The van der Waals surface area contributed by atoms with E-state index in [1.807, 2.05) is 0 Å². The second-order valence-electron chi connectivity index (χ2n) is 7.46. The van der Waals surface area contributed by atoms with Crippen LogP contribution < -0.4 is 4.74 Å². The molecule has 6 nitrogen and oxygen atoms in total. The maximum Gasteiger partial charge on any atom is 0.416 e. The van der Waals surface area contributed by atoms with Crippen molar-refractivity contribution in [1.82, 2.24) is 4.98 Å². The van der Waals surface area contributed by atoms with Gasteiger partial charge in [0.2, 0.25) is 0 Å². The predicted octanol–water partition coefficient (Wildman–Crippen LogP) is 5.12. The minimum Gasteiger partial charge on any atom is -0.495 e. The third-order valence-electron chi connectivity index (χ3n) is 5.12. The quantitative estimate of drug-likeness (QED) is 0.560. The highest BCUT2D eigenvalue weighted by molar-refractivity contribution is 7.92. The number of nitrogens with zero attached hydrogens (tertiary/aromatic N) is 1. The van der Waals surface area contributed by atoms with Crippen LogP contribution >= 0.6 is 0 Å². The molecular weight excluding hydrogens is 447 g/mol. The lowest BCUT2D eigenvalue weighted by molar-refractivity contribution is -0.137. The van der Waals surface area contributed by atoms with E-state index in [0.29, 0.717) is 0 Å². The van der Waals surface area contributed by atoms with Crippen molar-refractivity contribution in [2.75, 3.05) is 7.11 Å². The molecule has 0 saturated carbocycles. The number of carboxylic acids is 1. The maximum absolute atomic E-state index is 13.2. The van der Waals surface area contributed by atoms with Crippen molar-refractivity contribution in [3.63, 3.8) is 0 Å². The van der Waals surface area contributed by atoms with Gasteiger partial charge in [0.05, 0.1) is 34.7 Å². The zero-order valence-corrected chi connectivity index (χ0v) is 18.4. The van der Waals surface area contributed by atoms with Gasteiger partial charge in [-0.05, 0) is 44.5 Å². The Labute approximate surface area is 182 Å². The minimum atomic E-state index is -4.58. The molecular formula is C22H20F3NO5S. The molecule has 32 heavy (non-hydrogen) atoms. The Hall–Kier alpha value is -3.14. The molecule has 2 aromatic carbocycles. The first-order valence-electron chi connectivity index (χ1n) is 9.46. The SMILES string of the molecule is COc1cc2nc(-c3cccc(C(F)(F)F)c3)c(C)c(C(=O)O)c2cc1S(=O)(=O)C(C)C. The average Bonchev–Trinajstić information content (AvgIpc) is 2.71. The van der Waals surface area contributed by atoms with E-state index >= 15 is 0 Å². The molecule has 0 aliphatic carbocycles. The molecule has 10 heteroatoms. The Bertz CT molecular complexity index is 1330. The van der Waals surface area contributed by atoms with E-state index in [9.17, 15) is 31.5 Å². The van der Waals surface area contributed by atoms with Gasteiger partial charge >= 0.3 is 12.1 Å². The highest BCUT2D eigenvalue weighted by atomic mass is 32.2. The third-order valence-corrected chi connectivity index (χ3v) is 7.29. The fourth-order valence-corrected chi connectivity index (χ4v) is 4.61. The lowest BCUT2D eigenvalue weighted by Gasteiger charge is -2.17. The Morgan fingerprint density at radius 1 is 1.16 bits per heavy atom. The summed E-state index contributed by atoms with van der Waals surface area (Å²) in [6.45, 7) is 4.39. The van der Waals surface area contributed by atoms with E-state index in [4.69, 9.17) is 4.74 Å². The van der Waals surface area contributed by atoms with Crippen molar-refractivity contribution in [3.8, 4) is 17.0 Å². The summed E-state index contributed by atoms with van der Waals surface area (Å²) in [7, 11) is -2.56. The number of aromatic carboxylic acids is 1. The van der Waals surface area contributed by atoms with Gasteiger partial charge in [-0.3, -0.25) is 0 Å². The number of rotatable bonds is 5. The van der Waals surface area contributed by atoms with E-state index in [1.54, 1.807) is 0 Å². The Morgan fingerprint density at radius 3 is 2.34 bits per heavy atom. The molecule has 0 amide bonds. The Balaban J connectivity index is 2.41. The highest BCUT2D eigenvalue weighted by Crippen LogP contribution is 2.38. The number of methoxy groups -OCH3 is 1. The summed E-state index contributed by atoms with van der Waals surface area (Å²) >= 11 is 0. The monoisotopic (exact) mass is 467 g/mol. The fraction of sp³-hybridized carbons (Fsp3) is 0.273. The molecule has 1 heterocycles. The number of carboxylic acid groups (broad SMARTS) is 1. The summed E-state index contributed by atoms with van der Waals surface area (Å²) in [6.07, 6.45) is -4.58. The Morgan fingerprint density at radius 2 is 1.81 bits per heavy atom. The molecule has 0 radical (unpaired) electrons. The number of fused-ring (bicyclic) bond motifs is 1. The number of alkyl halides is 3. The third kappa shape index (κ3) is 4.02. The van der Waals surface area contributed by atoms with E-state index in [1.165, 1.54) is 52.1 Å². The van der Waals surface area contributed by atoms with Crippen molar-refractivity contribution in [2.45, 2.75) is 37.1 Å². The summed E-state index contributed by atoms with van der Waals surface area (Å²) in [6, 6.07) is 6.89. The molecule has 0 unspecified atom stereocenters. The average molecular weight is 467 g/mol. The number of aromatic nitrogens is 1. The van der Waals surface area contributed by atoms with Crippen molar-refractivity contribution in [2.24, 2.45) is 0 Å². The summed E-state index contributed by atoms with van der Waals surface area (Å²) in [5, 5.41) is 9.12. The van der Waals surface area contributed by atoms with Crippen molar-refractivity contribution in [1.29, 1.82) is 0 Å². The van der Waals surface area contributed by atoms with Crippen LogP contribution in [0.1, 0.15) is 35.3 Å². The molecule has 0 atom stereocenters. The Kier molecular flexibility index (Phi) is 5.94. The molecule has 0 aliphatic rings. The molecule has 3 rings (SSSR count). The second kappa shape index (κ2) is 8.09. The van der Waals surface area contributed by atoms with Gasteiger partial charge in [-0.1, -0.05) is 12.1 Å². The van der Waals surface area contributed by atoms with Crippen LogP contribution in [0.15, 0.2) is 41.3 Å². The molecule has 0 bridgehead atoms. The van der Waals surface area contributed by atoms with Gasteiger partial charge in [-0.25, -0.2) is 18.2 Å². The number of halogens is 3. The zero-order chi connectivity index (χ0) is 24.0. The van der Waals surface area contributed by atoms with Gasteiger partial charge in [0.25, 0.3) is 0 Å². The van der Waals surface area contributed by atoms with Crippen molar-refractivity contribution < 1.29 is 36.2 Å². The zero-order valence-electron chi connectivity index (χ0n) is 17.6. The van der Waals surface area contributed by atoms with Gasteiger partial charge in [0.15, 0.2) is 9.84 Å². The van der Waals surface area contributed by atoms with E-state index in [2.05, 4.69) is 4.98 Å². The topological polar surface area (TPSA) is 93.6 Å². The number of hydrogen-bond acceptors (Lipinski definition) is 5. The van der Waals surface area contributed by atoms with Crippen LogP contribution in [0.5, 0.6) is 5.75 Å². The van der Waals surface area contributed by atoms with Crippen molar-refractivity contribution in [3.05, 3.63) is 53.1 Å². The maximum atomic E-state index is 13.2. The summed E-state index contributed by atoms with van der Waals surface area (Å²) in [5.41, 5.74) is -0.821. The molecule has 170 valence electrons. The van der Waals surface area contributed by atoms with Crippen LogP contribution in [-0.2, 0) is 16.0 Å². The minimum absolute atomic E-state index is 0.0334. The van der Waals surface area contributed by atoms with Gasteiger partial charge in [-0.2, -0.15) is 13.2 Å². The first kappa shape index (κ1) is 23.5. The lowest BCUT2D eigenvalue weighted by atomic mass is 9.96. The first-order valence-corrected chi connectivity index (χ1v) is 11.0. The smallest absolute Gasteiger partial charge is 0.416 e. The molecule has 1 aromatic heterocycles. The molecule has 0 saturated heterocycles. The summed E-state index contributed by atoms with van der Waals surface area (Å²) < 4.78 is 70.3. The number of pyridine rings is 1. The van der Waals surface area contributed by atoms with Gasteiger partial charge in [0, 0.05) is 17.0 Å². The van der Waals surface area contributed by atoms with Crippen LogP contribution in [0.2, 0.25) is 0 Å². The number of benzene rings is 2. The normalized spacial score (nSPS) is 12.4. The molecule has 1 N–H and O–H groups in total. The van der Waals surface area contributed by atoms with Gasteiger partial charge < -0.3 is 9.84 Å². The molecule has 0 spiro atoms. The predicted molar refractivity (Wildman–Crippen MR) is 113 cm³/mol. The molecule has 3 aromatic rings. The van der Waals surface area contributed by atoms with E-state index < -0.39 is 32.8 Å².